The molecule has 2 aromatic carbocycles. The summed E-state index contributed by atoms with van der Waals surface area (Å²) in [6.45, 7) is 0.588. The fourth-order valence-electron chi connectivity index (χ4n) is 2.88. The van der Waals surface area contributed by atoms with E-state index < -0.39 is 16.8 Å². The number of nitrogens with two attached hydrogens (primary N) is 2. The first-order valence-electron chi connectivity index (χ1n) is 9.26. The number of para-hydroxylation sites is 3. The van der Waals surface area contributed by atoms with Gasteiger partial charge in [-0.1, -0.05) is 36.8 Å². The van der Waals surface area contributed by atoms with Gasteiger partial charge in [-0.3, -0.25) is 9.00 Å². The van der Waals surface area contributed by atoms with E-state index in [2.05, 4.69) is 15.3 Å². The summed E-state index contributed by atoms with van der Waals surface area (Å²) in [5.41, 5.74) is 14.4. The molecule has 1 aromatic heterocycles. The van der Waals surface area contributed by atoms with Crippen LogP contribution in [0.3, 0.4) is 0 Å². The van der Waals surface area contributed by atoms with Gasteiger partial charge in [0.05, 0.1) is 33.6 Å². The van der Waals surface area contributed by atoms with Gasteiger partial charge in [0.15, 0.2) is 5.16 Å². The van der Waals surface area contributed by atoms with Gasteiger partial charge in [0.2, 0.25) is 5.91 Å². The number of benzene rings is 2. The maximum absolute atomic E-state index is 12.8. The maximum atomic E-state index is 12.8. The number of unbranched alkanes of at least 4 members (excludes halogenated alkanes) is 1. The van der Waals surface area contributed by atoms with Crippen LogP contribution in [0.25, 0.3) is 11.0 Å². The molecular weight excluding hydrogens is 374 g/mol. The van der Waals surface area contributed by atoms with Crippen LogP contribution in [-0.4, -0.2) is 32.7 Å². The minimum atomic E-state index is -1.37. The molecule has 0 spiro atoms. The highest BCUT2D eigenvalue weighted by atomic mass is 32.2. The summed E-state index contributed by atoms with van der Waals surface area (Å²) in [6.07, 6.45) is 2.23. The predicted molar refractivity (Wildman–Crippen MR) is 112 cm³/mol. The van der Waals surface area contributed by atoms with Crippen molar-refractivity contribution in [3.8, 4) is 0 Å². The first kappa shape index (κ1) is 20.2. The number of rotatable bonds is 9. The van der Waals surface area contributed by atoms with E-state index >= 15 is 0 Å². The summed E-state index contributed by atoms with van der Waals surface area (Å²) >= 11 is 0. The van der Waals surface area contributed by atoms with Gasteiger partial charge in [-0.2, -0.15) is 0 Å². The molecule has 1 unspecified atom stereocenters. The molecule has 3 rings (SSSR count). The molecule has 28 heavy (non-hydrogen) atoms. The fraction of sp³-hybridized carbons (Fsp3) is 0.300. The summed E-state index contributed by atoms with van der Waals surface area (Å²) in [5, 5.41) is 3.28. The van der Waals surface area contributed by atoms with Crippen LogP contribution < -0.4 is 16.8 Å². The van der Waals surface area contributed by atoms with E-state index in [9.17, 15) is 9.00 Å². The van der Waals surface area contributed by atoms with E-state index in [0.717, 1.165) is 29.4 Å². The molecule has 1 heterocycles. The summed E-state index contributed by atoms with van der Waals surface area (Å²) < 4.78 is 12.8. The molecule has 0 aliphatic rings. The Morgan fingerprint density at radius 3 is 2.68 bits per heavy atom. The molecule has 0 radical (unpaired) electrons. The number of nitrogens with zero attached hydrogens (tertiary/aromatic N) is 1. The Balaban J connectivity index is 1.69. The predicted octanol–water partition coefficient (Wildman–Crippen LogP) is 2.27. The number of imidazole rings is 1. The Kier molecular flexibility index (Phi) is 6.91. The highest BCUT2D eigenvalue weighted by molar-refractivity contribution is 7.84. The zero-order chi connectivity index (χ0) is 19.9. The molecule has 3 aromatic rings. The molecule has 8 heteroatoms. The molecule has 0 saturated carbocycles. The Morgan fingerprint density at radius 2 is 1.89 bits per heavy atom. The van der Waals surface area contributed by atoms with Crippen LogP contribution in [0.1, 0.15) is 24.8 Å². The van der Waals surface area contributed by atoms with E-state index in [0.29, 0.717) is 23.8 Å². The van der Waals surface area contributed by atoms with E-state index in [-0.39, 0.29) is 11.7 Å². The largest absolute Gasteiger partial charge is 0.331 e. The normalized spacial score (nSPS) is 13.4. The maximum Gasteiger partial charge on any atom is 0.241 e. The second-order valence-electron chi connectivity index (χ2n) is 6.59. The third-order valence-electron chi connectivity index (χ3n) is 4.45. The van der Waals surface area contributed by atoms with Gasteiger partial charge in [-0.15, -0.1) is 0 Å². The van der Waals surface area contributed by atoms with Crippen LogP contribution in [0.4, 0.5) is 5.69 Å². The molecule has 7 nitrogen and oxygen atoms in total. The van der Waals surface area contributed by atoms with E-state index in [1.807, 2.05) is 42.5 Å². The molecule has 0 aliphatic heterocycles. The van der Waals surface area contributed by atoms with E-state index in [1.54, 1.807) is 6.07 Å². The van der Waals surface area contributed by atoms with Crippen molar-refractivity contribution in [1.29, 1.82) is 0 Å². The third kappa shape index (κ3) is 5.03. The van der Waals surface area contributed by atoms with Gasteiger partial charge in [0.1, 0.15) is 0 Å². The Morgan fingerprint density at radius 1 is 1.14 bits per heavy atom. The number of hydrogen-bond donors (Lipinski definition) is 4. The summed E-state index contributed by atoms with van der Waals surface area (Å²) in [6, 6.07) is 14.2. The second kappa shape index (κ2) is 9.59. The number of aromatic amines is 1. The van der Waals surface area contributed by atoms with Crippen LogP contribution in [0.5, 0.6) is 0 Å². The van der Waals surface area contributed by atoms with Crippen molar-refractivity contribution in [3.05, 3.63) is 54.1 Å². The second-order valence-corrected chi connectivity index (χ2v) is 7.95. The van der Waals surface area contributed by atoms with Crippen molar-refractivity contribution < 1.29 is 9.00 Å². The Bertz CT molecular complexity index is 939. The van der Waals surface area contributed by atoms with Crippen LogP contribution in [0, 0.1) is 0 Å². The Labute approximate surface area is 166 Å². The van der Waals surface area contributed by atoms with Gasteiger partial charge in [0.25, 0.3) is 0 Å². The molecule has 148 valence electrons. The van der Waals surface area contributed by atoms with Crippen molar-refractivity contribution in [2.45, 2.75) is 36.2 Å². The number of nitrogens with one attached hydrogen (secondary N) is 2. The molecule has 0 bridgehead atoms. The van der Waals surface area contributed by atoms with Crippen molar-refractivity contribution in [2.24, 2.45) is 11.5 Å². The number of amides is 1. The molecule has 0 fully saturated rings. The third-order valence-corrected chi connectivity index (χ3v) is 5.65. The minimum absolute atomic E-state index is 0.235. The average Bonchev–Trinajstić information content (AvgIpc) is 3.14. The number of hydrogen-bond acceptors (Lipinski definition) is 5. The Hall–Kier alpha value is -2.55. The van der Waals surface area contributed by atoms with Crippen LogP contribution >= 0.6 is 0 Å². The van der Waals surface area contributed by atoms with E-state index in [4.69, 9.17) is 11.5 Å². The van der Waals surface area contributed by atoms with Gasteiger partial charge in [-0.25, -0.2) is 4.98 Å². The standard InChI is InChI=1S/C20H25N5O2S/c21-12-6-5-8-15(22)19(26)23-16-9-2-1-7-14(16)13-28(27)20-24-17-10-3-4-11-18(17)25-20/h1-4,7,9-11,15H,5-6,8,12-13,21-22H2,(H,23,26)(H,24,25)/t15-,28?/m0/s1. The topological polar surface area (TPSA) is 127 Å². The van der Waals surface area contributed by atoms with Crippen LogP contribution in [-0.2, 0) is 21.3 Å². The quantitative estimate of drug-likeness (QED) is 0.411. The number of fused-ring (bicyclic) bond motifs is 1. The van der Waals surface area contributed by atoms with Gasteiger partial charge >= 0.3 is 0 Å². The summed E-state index contributed by atoms with van der Waals surface area (Å²) in [5.74, 6) is -0.0161. The lowest BCUT2D eigenvalue weighted by Crippen LogP contribution is -2.35. The zero-order valence-electron chi connectivity index (χ0n) is 15.6. The summed E-state index contributed by atoms with van der Waals surface area (Å²) in [7, 11) is -1.37. The van der Waals surface area contributed by atoms with Crippen molar-refractivity contribution in [2.75, 3.05) is 11.9 Å². The smallest absolute Gasteiger partial charge is 0.241 e. The molecule has 2 atom stereocenters. The molecule has 1 amide bonds. The van der Waals surface area contributed by atoms with Crippen molar-refractivity contribution in [1.82, 2.24) is 9.97 Å². The van der Waals surface area contributed by atoms with Gasteiger partial charge in [-0.05, 0) is 43.1 Å². The number of anilines is 1. The average molecular weight is 400 g/mol. The fourth-order valence-corrected chi connectivity index (χ4v) is 3.97. The number of carbonyl (C=O) groups excluding carboxylic acids is 1. The van der Waals surface area contributed by atoms with Crippen LogP contribution in [0.2, 0.25) is 0 Å². The SMILES string of the molecule is NCCCC[C@H](N)C(=O)Nc1ccccc1CS(=O)c1nc2ccccc2[nH]1. The number of carbonyl (C=O) groups is 1. The minimum Gasteiger partial charge on any atom is -0.331 e. The van der Waals surface area contributed by atoms with Crippen molar-refractivity contribution >= 4 is 33.4 Å². The zero-order valence-corrected chi connectivity index (χ0v) is 16.4. The van der Waals surface area contributed by atoms with Gasteiger partial charge < -0.3 is 21.8 Å². The number of aromatic nitrogens is 2. The first-order chi connectivity index (χ1) is 13.6. The first-order valence-corrected chi connectivity index (χ1v) is 10.6. The monoisotopic (exact) mass is 399 g/mol. The molecule has 0 aliphatic carbocycles. The lowest BCUT2D eigenvalue weighted by molar-refractivity contribution is -0.117. The van der Waals surface area contributed by atoms with Gasteiger partial charge in [0, 0.05) is 5.69 Å². The highest BCUT2D eigenvalue weighted by Crippen LogP contribution is 2.21. The molecular formula is C20H25N5O2S. The molecule has 6 N–H and O–H groups in total. The summed E-state index contributed by atoms with van der Waals surface area (Å²) in [4.78, 5) is 19.9. The van der Waals surface area contributed by atoms with Crippen molar-refractivity contribution in [3.63, 3.8) is 0 Å². The lowest BCUT2D eigenvalue weighted by Gasteiger charge is -2.14. The number of H-pyrrole nitrogens is 1. The lowest BCUT2D eigenvalue weighted by atomic mass is 10.1. The molecule has 0 saturated heterocycles. The van der Waals surface area contributed by atoms with E-state index in [1.165, 1.54) is 0 Å². The van der Waals surface area contributed by atoms with Crippen LogP contribution in [0.15, 0.2) is 53.7 Å². The highest BCUT2D eigenvalue weighted by Gasteiger charge is 2.17.